The maximum Gasteiger partial charge on any atom is 0.267 e. The molecule has 3 aromatic rings. The molecule has 0 unspecified atom stereocenters. The lowest BCUT2D eigenvalue weighted by Gasteiger charge is -2.03. The number of benzene rings is 1. The highest BCUT2D eigenvalue weighted by Crippen LogP contribution is 2.32. The molecule has 0 bridgehead atoms. The third-order valence-electron chi connectivity index (χ3n) is 3.35. The molecule has 0 aliphatic rings. The zero-order chi connectivity index (χ0) is 14.8. The molecule has 0 atom stereocenters. The number of aromatic amines is 1. The molecule has 4 nitrogen and oxygen atoms in total. The van der Waals surface area contributed by atoms with Gasteiger partial charge in [0.1, 0.15) is 0 Å². The number of H-pyrrole nitrogens is 1. The van der Waals surface area contributed by atoms with Gasteiger partial charge in [0.25, 0.3) is 5.91 Å². The Morgan fingerprint density at radius 1 is 1.38 bits per heavy atom. The first kappa shape index (κ1) is 13.8. The van der Waals surface area contributed by atoms with Gasteiger partial charge in [-0.15, -0.1) is 11.3 Å². The molecule has 1 aromatic carbocycles. The minimum Gasteiger partial charge on any atom is -0.304 e. The van der Waals surface area contributed by atoms with Crippen LogP contribution in [0.3, 0.4) is 0 Å². The first-order chi connectivity index (χ1) is 10.2. The first-order valence-electron chi connectivity index (χ1n) is 7.02. The summed E-state index contributed by atoms with van der Waals surface area (Å²) in [4.78, 5) is 13.3. The molecule has 0 fully saturated rings. The Bertz CT molecular complexity index is 788. The van der Waals surface area contributed by atoms with E-state index in [-0.39, 0.29) is 5.91 Å². The number of thiophene rings is 1. The average molecular weight is 299 g/mol. The van der Waals surface area contributed by atoms with E-state index in [1.807, 2.05) is 25.1 Å². The fraction of sp³-hybridized carbons (Fsp3) is 0.250. The number of hydrogen-bond donors (Lipinski definition) is 2. The van der Waals surface area contributed by atoms with E-state index in [2.05, 4.69) is 34.6 Å². The summed E-state index contributed by atoms with van der Waals surface area (Å²) in [6.07, 6.45) is 1.93. The van der Waals surface area contributed by atoms with Crippen LogP contribution < -0.4 is 5.32 Å². The minimum atomic E-state index is -0.0776. The molecule has 0 aliphatic carbocycles. The predicted octanol–water partition coefficient (Wildman–Crippen LogP) is 4.14. The second kappa shape index (κ2) is 5.69. The van der Waals surface area contributed by atoms with Gasteiger partial charge in [0, 0.05) is 16.5 Å². The second-order valence-corrected chi connectivity index (χ2v) is 6.10. The van der Waals surface area contributed by atoms with Gasteiger partial charge in [-0.2, -0.15) is 5.10 Å². The van der Waals surface area contributed by atoms with Crippen molar-refractivity contribution in [3.63, 3.8) is 0 Å². The van der Waals surface area contributed by atoms with Crippen LogP contribution >= 0.6 is 11.3 Å². The lowest BCUT2D eigenvalue weighted by molar-refractivity contribution is 0.102. The molecule has 5 heteroatoms. The monoisotopic (exact) mass is 299 g/mol. The van der Waals surface area contributed by atoms with Gasteiger partial charge < -0.3 is 5.32 Å². The molecule has 0 aliphatic heterocycles. The Kier molecular flexibility index (Phi) is 3.75. The number of fused-ring (bicyclic) bond motifs is 1. The first-order valence-corrected chi connectivity index (χ1v) is 7.84. The Hall–Kier alpha value is -2.14. The van der Waals surface area contributed by atoms with Crippen molar-refractivity contribution >= 4 is 33.1 Å². The van der Waals surface area contributed by atoms with Crippen LogP contribution in [0.25, 0.3) is 10.1 Å². The second-order valence-electron chi connectivity index (χ2n) is 5.05. The highest BCUT2D eigenvalue weighted by molar-refractivity contribution is 7.21. The Balaban J connectivity index is 1.98. The molecule has 2 aromatic heterocycles. The van der Waals surface area contributed by atoms with Gasteiger partial charge in [-0.25, -0.2) is 0 Å². The van der Waals surface area contributed by atoms with Gasteiger partial charge in [0.2, 0.25) is 0 Å². The smallest absolute Gasteiger partial charge is 0.267 e. The minimum absolute atomic E-state index is 0.0776. The maximum absolute atomic E-state index is 12.5. The van der Waals surface area contributed by atoms with Crippen molar-refractivity contribution in [2.75, 3.05) is 5.32 Å². The molecule has 0 saturated heterocycles. The average Bonchev–Trinajstić information content (AvgIpc) is 3.04. The van der Waals surface area contributed by atoms with Crippen LogP contribution in [0.5, 0.6) is 0 Å². The van der Waals surface area contributed by atoms with Crippen molar-refractivity contribution in [1.82, 2.24) is 10.2 Å². The number of anilines is 1. The molecule has 2 heterocycles. The van der Waals surface area contributed by atoms with Gasteiger partial charge in [0.05, 0.1) is 4.88 Å². The topological polar surface area (TPSA) is 57.8 Å². The van der Waals surface area contributed by atoms with E-state index in [4.69, 9.17) is 0 Å². The number of nitrogens with one attached hydrogen (secondary N) is 2. The summed E-state index contributed by atoms with van der Waals surface area (Å²) in [5.74, 6) is 0.489. The summed E-state index contributed by atoms with van der Waals surface area (Å²) in [7, 11) is 0. The number of carbonyl (C=O) groups excluding carboxylic acids is 1. The molecular formula is C16H17N3OS. The molecule has 1 amide bonds. The van der Waals surface area contributed by atoms with E-state index in [1.54, 1.807) is 11.3 Å². The van der Waals surface area contributed by atoms with Crippen LogP contribution in [-0.2, 0) is 6.42 Å². The fourth-order valence-corrected chi connectivity index (χ4v) is 3.58. The fourth-order valence-electron chi connectivity index (χ4n) is 2.44. The van der Waals surface area contributed by atoms with Crippen molar-refractivity contribution < 1.29 is 4.79 Å². The molecule has 0 spiro atoms. The molecule has 108 valence electrons. The molecular weight excluding hydrogens is 282 g/mol. The van der Waals surface area contributed by atoms with Gasteiger partial charge in [0.15, 0.2) is 5.82 Å². The summed E-state index contributed by atoms with van der Waals surface area (Å²) in [6.45, 7) is 4.04. The van der Waals surface area contributed by atoms with Crippen LogP contribution in [0.1, 0.15) is 34.3 Å². The van der Waals surface area contributed by atoms with E-state index < -0.39 is 0 Å². The highest BCUT2D eigenvalue weighted by atomic mass is 32.1. The highest BCUT2D eigenvalue weighted by Gasteiger charge is 2.18. The van der Waals surface area contributed by atoms with Crippen molar-refractivity contribution in [2.24, 2.45) is 0 Å². The quantitative estimate of drug-likeness (QED) is 0.760. The number of hydrogen-bond acceptors (Lipinski definition) is 3. The molecule has 0 saturated carbocycles. The van der Waals surface area contributed by atoms with Gasteiger partial charge in [-0.3, -0.25) is 9.89 Å². The number of carbonyl (C=O) groups is 1. The zero-order valence-corrected chi connectivity index (χ0v) is 12.9. The summed E-state index contributed by atoms with van der Waals surface area (Å²) >= 11 is 1.55. The van der Waals surface area contributed by atoms with E-state index in [0.717, 1.165) is 33.7 Å². The van der Waals surface area contributed by atoms with Crippen LogP contribution in [0, 0.1) is 6.92 Å². The summed E-state index contributed by atoms with van der Waals surface area (Å²) < 4.78 is 1.16. The van der Waals surface area contributed by atoms with E-state index in [0.29, 0.717) is 5.82 Å². The number of aromatic nitrogens is 2. The lowest BCUT2D eigenvalue weighted by atomic mass is 10.1. The molecule has 0 radical (unpaired) electrons. The van der Waals surface area contributed by atoms with Crippen LogP contribution in [0.2, 0.25) is 0 Å². The Morgan fingerprint density at radius 3 is 2.90 bits per heavy atom. The number of rotatable bonds is 4. The van der Waals surface area contributed by atoms with E-state index in [9.17, 15) is 4.79 Å². The number of aryl methyl sites for hydroxylation is 2. The third kappa shape index (κ3) is 2.69. The predicted molar refractivity (Wildman–Crippen MR) is 87.1 cm³/mol. The summed E-state index contributed by atoms with van der Waals surface area (Å²) in [6, 6.07) is 10.0. The SMILES string of the molecule is CCCc1c(C(=O)Nc2cc(C)[nH]n2)sc2ccccc12. The van der Waals surface area contributed by atoms with Gasteiger partial charge in [-0.1, -0.05) is 31.5 Å². The maximum atomic E-state index is 12.5. The van der Waals surface area contributed by atoms with E-state index >= 15 is 0 Å². The van der Waals surface area contributed by atoms with Gasteiger partial charge in [-0.05, 0) is 30.4 Å². The number of amides is 1. The van der Waals surface area contributed by atoms with Crippen molar-refractivity contribution in [2.45, 2.75) is 26.7 Å². The lowest BCUT2D eigenvalue weighted by Crippen LogP contribution is -2.12. The van der Waals surface area contributed by atoms with Crippen molar-refractivity contribution in [1.29, 1.82) is 0 Å². The molecule has 21 heavy (non-hydrogen) atoms. The van der Waals surface area contributed by atoms with Crippen LogP contribution in [0.4, 0.5) is 5.82 Å². The molecule has 3 rings (SSSR count). The Labute approximate surface area is 127 Å². The third-order valence-corrected chi connectivity index (χ3v) is 4.56. The number of nitrogens with zero attached hydrogens (tertiary/aromatic N) is 1. The van der Waals surface area contributed by atoms with Crippen LogP contribution in [0.15, 0.2) is 30.3 Å². The summed E-state index contributed by atoms with van der Waals surface area (Å²) in [5, 5.41) is 10.9. The Morgan fingerprint density at radius 2 is 2.19 bits per heavy atom. The van der Waals surface area contributed by atoms with Gasteiger partial charge >= 0.3 is 0 Å². The van der Waals surface area contributed by atoms with Crippen LogP contribution in [-0.4, -0.2) is 16.1 Å². The zero-order valence-electron chi connectivity index (χ0n) is 12.1. The largest absolute Gasteiger partial charge is 0.304 e. The van der Waals surface area contributed by atoms with Crippen molar-refractivity contribution in [3.8, 4) is 0 Å². The van der Waals surface area contributed by atoms with Crippen molar-refractivity contribution in [3.05, 3.63) is 46.5 Å². The standard InChI is InChI=1S/C16H17N3OS/c1-3-6-12-11-7-4-5-8-13(11)21-15(12)16(20)17-14-9-10(2)18-19-14/h4-5,7-9H,3,6H2,1-2H3,(H2,17,18,19,20). The normalized spacial score (nSPS) is 11.0. The molecule has 2 N–H and O–H groups in total. The van der Waals surface area contributed by atoms with E-state index in [1.165, 1.54) is 5.39 Å². The summed E-state index contributed by atoms with van der Waals surface area (Å²) in [5.41, 5.74) is 2.07.